The largest absolute Gasteiger partial charge is 0.484 e. The van der Waals surface area contributed by atoms with E-state index in [1.807, 2.05) is 12.1 Å². The highest BCUT2D eigenvalue weighted by Gasteiger charge is 2.44. The van der Waals surface area contributed by atoms with Gasteiger partial charge >= 0.3 is 0 Å². The smallest absolute Gasteiger partial charge is 0.262 e. The van der Waals surface area contributed by atoms with Crippen LogP contribution in [0.5, 0.6) is 5.75 Å². The number of hydrogen-bond acceptors (Lipinski definition) is 5. The third-order valence-corrected chi connectivity index (χ3v) is 6.93. The highest BCUT2D eigenvalue weighted by atomic mass is 35.5. The Bertz CT molecular complexity index is 1300. The summed E-state index contributed by atoms with van der Waals surface area (Å²) < 4.78 is 32.9. The number of amides is 1. The number of halogens is 1. The van der Waals surface area contributed by atoms with Crippen LogP contribution in [0.3, 0.4) is 0 Å². The lowest BCUT2D eigenvalue weighted by Gasteiger charge is -2.11. The van der Waals surface area contributed by atoms with Crippen LogP contribution in [-0.2, 0) is 20.2 Å². The van der Waals surface area contributed by atoms with Crippen molar-refractivity contribution < 1.29 is 17.9 Å². The second-order valence-corrected chi connectivity index (χ2v) is 9.81. The Morgan fingerprint density at radius 1 is 0.970 bits per heavy atom. The molecule has 0 radical (unpaired) electrons. The van der Waals surface area contributed by atoms with Crippen molar-refractivity contribution in [1.29, 1.82) is 5.26 Å². The zero-order valence-electron chi connectivity index (χ0n) is 17.4. The van der Waals surface area contributed by atoms with E-state index in [1.54, 1.807) is 36.4 Å². The van der Waals surface area contributed by atoms with Gasteiger partial charge in [0.1, 0.15) is 5.75 Å². The highest BCUT2D eigenvalue weighted by Crippen LogP contribution is 2.47. The number of carbonyl (C=O) groups excluding carboxylic acids is 1. The molecule has 4 rings (SSSR count). The van der Waals surface area contributed by atoms with Gasteiger partial charge in [0.25, 0.3) is 15.9 Å². The predicted octanol–water partition coefficient (Wildman–Crippen LogP) is 4.71. The molecule has 0 bridgehead atoms. The van der Waals surface area contributed by atoms with E-state index < -0.39 is 10.0 Å². The number of rotatable bonds is 8. The number of nitriles is 1. The van der Waals surface area contributed by atoms with Gasteiger partial charge in [-0.15, -0.1) is 0 Å². The Balaban J connectivity index is 1.30. The molecule has 0 aromatic heterocycles. The van der Waals surface area contributed by atoms with Crippen LogP contribution < -0.4 is 14.8 Å². The van der Waals surface area contributed by atoms with Gasteiger partial charge in [-0.2, -0.15) is 5.26 Å². The van der Waals surface area contributed by atoms with Gasteiger partial charge in [0.15, 0.2) is 6.61 Å². The number of carbonyl (C=O) groups is 1. The highest BCUT2D eigenvalue weighted by molar-refractivity contribution is 7.92. The maximum Gasteiger partial charge on any atom is 0.262 e. The van der Waals surface area contributed by atoms with Crippen LogP contribution in [0.1, 0.15) is 18.4 Å². The van der Waals surface area contributed by atoms with Gasteiger partial charge in [0, 0.05) is 16.4 Å². The Morgan fingerprint density at radius 3 is 2.15 bits per heavy atom. The fraction of sp³-hybridized carbons (Fsp3) is 0.167. The van der Waals surface area contributed by atoms with Crippen LogP contribution in [0.2, 0.25) is 5.02 Å². The SMILES string of the molecule is N#CC1(c2ccc(NC(=O)COc3ccc(S(=O)(=O)Nc4ccc(Cl)cc4)cc3)cc2)CC1. The molecule has 1 aliphatic carbocycles. The van der Waals surface area contributed by atoms with E-state index in [0.29, 0.717) is 22.1 Å². The fourth-order valence-electron chi connectivity index (χ4n) is 3.26. The van der Waals surface area contributed by atoms with E-state index >= 15 is 0 Å². The van der Waals surface area contributed by atoms with Gasteiger partial charge in [0.05, 0.1) is 16.4 Å². The molecule has 9 heteroatoms. The first-order valence-electron chi connectivity index (χ1n) is 10.1. The number of nitrogens with zero attached hydrogens (tertiary/aromatic N) is 1. The quantitative estimate of drug-likeness (QED) is 0.484. The average Bonchev–Trinajstić information content (AvgIpc) is 3.61. The van der Waals surface area contributed by atoms with Gasteiger partial charge in [-0.25, -0.2) is 8.42 Å². The van der Waals surface area contributed by atoms with Crippen LogP contribution in [0.4, 0.5) is 11.4 Å². The van der Waals surface area contributed by atoms with Crippen molar-refractivity contribution in [3.05, 3.63) is 83.4 Å². The van der Waals surface area contributed by atoms with Gasteiger partial charge < -0.3 is 10.1 Å². The molecule has 2 N–H and O–H groups in total. The standard InChI is InChI=1S/C24H20ClN3O4S/c25-18-3-7-20(8-4-18)28-33(30,31)22-11-9-21(10-12-22)32-15-23(29)27-19-5-1-17(2-6-19)24(16-26)13-14-24/h1-12,28H,13-15H2,(H,27,29). The maximum atomic E-state index is 12.5. The van der Waals surface area contributed by atoms with Crippen molar-refractivity contribution in [1.82, 2.24) is 0 Å². The number of ether oxygens (including phenoxy) is 1. The maximum absolute atomic E-state index is 12.5. The summed E-state index contributed by atoms with van der Waals surface area (Å²) in [6, 6.07) is 21.6. The Morgan fingerprint density at radius 2 is 1.58 bits per heavy atom. The fourth-order valence-corrected chi connectivity index (χ4v) is 4.44. The second kappa shape index (κ2) is 9.14. The summed E-state index contributed by atoms with van der Waals surface area (Å²) >= 11 is 5.81. The van der Waals surface area contributed by atoms with Gasteiger partial charge in [-0.1, -0.05) is 23.7 Å². The number of anilines is 2. The summed E-state index contributed by atoms with van der Waals surface area (Å²) in [5.74, 6) is 0.000841. The molecule has 1 fully saturated rings. The lowest BCUT2D eigenvalue weighted by molar-refractivity contribution is -0.118. The molecule has 1 amide bonds. The van der Waals surface area contributed by atoms with E-state index in [-0.39, 0.29) is 22.8 Å². The number of benzene rings is 3. The molecule has 168 valence electrons. The number of sulfonamides is 1. The molecule has 0 saturated heterocycles. The monoisotopic (exact) mass is 481 g/mol. The van der Waals surface area contributed by atoms with Crippen LogP contribution in [0, 0.1) is 11.3 Å². The first-order valence-corrected chi connectivity index (χ1v) is 12.0. The van der Waals surface area contributed by atoms with E-state index in [2.05, 4.69) is 16.1 Å². The second-order valence-electron chi connectivity index (χ2n) is 7.69. The van der Waals surface area contributed by atoms with E-state index in [4.69, 9.17) is 16.3 Å². The molecule has 1 saturated carbocycles. The molecule has 0 aliphatic heterocycles. The van der Waals surface area contributed by atoms with Crippen molar-refractivity contribution in [2.45, 2.75) is 23.2 Å². The Kier molecular flexibility index (Phi) is 6.27. The van der Waals surface area contributed by atoms with E-state index in [0.717, 1.165) is 18.4 Å². The molecule has 1 aliphatic rings. The molecular formula is C24H20ClN3O4S. The molecule has 7 nitrogen and oxygen atoms in total. The molecular weight excluding hydrogens is 462 g/mol. The van der Waals surface area contributed by atoms with Crippen LogP contribution in [0.15, 0.2) is 77.7 Å². The Labute approximate surface area is 197 Å². The molecule has 3 aromatic rings. The molecule has 0 heterocycles. The predicted molar refractivity (Wildman–Crippen MR) is 126 cm³/mol. The van der Waals surface area contributed by atoms with Crippen LogP contribution in [0.25, 0.3) is 0 Å². The van der Waals surface area contributed by atoms with Crippen LogP contribution in [-0.4, -0.2) is 20.9 Å². The van der Waals surface area contributed by atoms with Gasteiger partial charge in [0.2, 0.25) is 0 Å². The third kappa shape index (κ3) is 5.45. The average molecular weight is 482 g/mol. The zero-order chi connectivity index (χ0) is 23.5. The number of hydrogen-bond donors (Lipinski definition) is 2. The summed E-state index contributed by atoms with van der Waals surface area (Å²) in [4.78, 5) is 12.2. The lowest BCUT2D eigenvalue weighted by atomic mass is 9.98. The minimum Gasteiger partial charge on any atom is -0.484 e. The summed E-state index contributed by atoms with van der Waals surface area (Å²) in [5.41, 5.74) is 1.59. The normalized spacial score (nSPS) is 14.1. The molecule has 3 aromatic carbocycles. The summed E-state index contributed by atoms with van der Waals surface area (Å²) in [5, 5.41) is 12.5. The minimum absolute atomic E-state index is 0.0557. The molecule has 0 spiro atoms. The van der Waals surface area contributed by atoms with Crippen molar-refractivity contribution in [3.63, 3.8) is 0 Å². The van der Waals surface area contributed by atoms with Crippen molar-refractivity contribution in [2.75, 3.05) is 16.6 Å². The summed E-state index contributed by atoms with van der Waals surface area (Å²) in [6.45, 7) is -0.237. The molecule has 0 unspecified atom stereocenters. The van der Waals surface area contributed by atoms with Crippen LogP contribution >= 0.6 is 11.6 Å². The van der Waals surface area contributed by atoms with Crippen molar-refractivity contribution >= 4 is 38.9 Å². The van der Waals surface area contributed by atoms with E-state index in [1.165, 1.54) is 24.3 Å². The topological polar surface area (TPSA) is 108 Å². The van der Waals surface area contributed by atoms with Gasteiger partial charge in [-0.3, -0.25) is 9.52 Å². The summed E-state index contributed by atoms with van der Waals surface area (Å²) in [6.07, 6.45) is 1.72. The third-order valence-electron chi connectivity index (χ3n) is 5.29. The summed E-state index contributed by atoms with van der Waals surface area (Å²) in [7, 11) is -3.77. The molecule has 33 heavy (non-hydrogen) atoms. The lowest BCUT2D eigenvalue weighted by Crippen LogP contribution is -2.20. The van der Waals surface area contributed by atoms with Crippen molar-refractivity contribution in [3.8, 4) is 11.8 Å². The first-order chi connectivity index (χ1) is 15.8. The first kappa shape index (κ1) is 22.6. The minimum atomic E-state index is -3.77. The van der Waals surface area contributed by atoms with Gasteiger partial charge in [-0.05, 0) is 79.1 Å². The van der Waals surface area contributed by atoms with Crippen molar-refractivity contribution in [2.24, 2.45) is 0 Å². The Hall–Kier alpha value is -3.54. The number of nitrogens with one attached hydrogen (secondary N) is 2. The molecule has 0 atom stereocenters. The van der Waals surface area contributed by atoms with E-state index in [9.17, 15) is 18.5 Å². The zero-order valence-corrected chi connectivity index (χ0v) is 19.0.